The summed E-state index contributed by atoms with van der Waals surface area (Å²) >= 11 is 6.04. The first-order chi connectivity index (χ1) is 12.1. The lowest BCUT2D eigenvalue weighted by Crippen LogP contribution is -2.13. The Kier molecular flexibility index (Phi) is 4.45. The summed E-state index contributed by atoms with van der Waals surface area (Å²) in [6, 6.07) is 8.58. The number of hydrogen-bond acceptors (Lipinski definition) is 4. The highest BCUT2D eigenvalue weighted by Crippen LogP contribution is 2.33. The van der Waals surface area contributed by atoms with E-state index in [1.165, 1.54) is 24.3 Å². The molecule has 0 saturated heterocycles. The van der Waals surface area contributed by atoms with E-state index in [2.05, 4.69) is 15.3 Å². The van der Waals surface area contributed by atoms with Crippen LogP contribution < -0.4 is 5.32 Å². The average Bonchev–Trinajstić information content (AvgIpc) is 2.55. The van der Waals surface area contributed by atoms with Gasteiger partial charge in [0.1, 0.15) is 5.82 Å². The Bertz CT molecular complexity index is 1020. The molecular weight excluding hydrogens is 371 g/mol. The maximum Gasteiger partial charge on any atom is 0.451 e. The number of aromatic nitrogens is 2. The van der Waals surface area contributed by atoms with Crippen LogP contribution in [0.4, 0.5) is 24.7 Å². The summed E-state index contributed by atoms with van der Waals surface area (Å²) < 4.78 is 39.3. The lowest BCUT2D eigenvalue weighted by Gasteiger charge is -2.14. The van der Waals surface area contributed by atoms with E-state index < -0.39 is 18.0 Å². The fourth-order valence-corrected chi connectivity index (χ4v) is 2.51. The van der Waals surface area contributed by atoms with Crippen molar-refractivity contribution in [2.24, 2.45) is 0 Å². The third kappa shape index (κ3) is 3.55. The summed E-state index contributed by atoms with van der Waals surface area (Å²) in [5.41, 5.74) is 0.962. The van der Waals surface area contributed by atoms with Crippen molar-refractivity contribution in [1.82, 2.24) is 9.97 Å². The molecule has 0 amide bonds. The molecule has 1 aromatic heterocycles. The van der Waals surface area contributed by atoms with E-state index in [1.807, 2.05) is 0 Å². The molecule has 26 heavy (non-hydrogen) atoms. The number of fused-ring (bicyclic) bond motifs is 1. The van der Waals surface area contributed by atoms with Crippen LogP contribution in [0.5, 0.6) is 0 Å². The number of carbonyl (C=O) groups is 1. The number of nitrogens with zero attached hydrogens (tertiary/aromatic N) is 2. The zero-order valence-corrected chi connectivity index (χ0v) is 14.0. The maximum absolute atomic E-state index is 13.1. The van der Waals surface area contributed by atoms with Crippen molar-refractivity contribution in [2.75, 3.05) is 5.32 Å². The van der Waals surface area contributed by atoms with Crippen LogP contribution >= 0.6 is 11.6 Å². The van der Waals surface area contributed by atoms with Crippen LogP contribution in [-0.2, 0) is 6.18 Å². The minimum absolute atomic E-state index is 0.0671. The van der Waals surface area contributed by atoms with Gasteiger partial charge < -0.3 is 10.4 Å². The van der Waals surface area contributed by atoms with Gasteiger partial charge in [-0.2, -0.15) is 13.2 Å². The van der Waals surface area contributed by atoms with Gasteiger partial charge in [0, 0.05) is 5.39 Å². The van der Waals surface area contributed by atoms with E-state index in [1.54, 1.807) is 19.1 Å². The van der Waals surface area contributed by atoms with E-state index in [4.69, 9.17) is 16.7 Å². The number of hydrogen-bond donors (Lipinski definition) is 2. The van der Waals surface area contributed by atoms with Crippen molar-refractivity contribution in [3.05, 3.63) is 58.4 Å². The van der Waals surface area contributed by atoms with E-state index >= 15 is 0 Å². The number of halogens is 4. The molecule has 0 atom stereocenters. The molecule has 0 bridgehead atoms. The van der Waals surface area contributed by atoms with Gasteiger partial charge in [-0.05, 0) is 37.3 Å². The third-order valence-electron chi connectivity index (χ3n) is 3.57. The van der Waals surface area contributed by atoms with Crippen LogP contribution in [0.15, 0.2) is 36.4 Å². The largest absolute Gasteiger partial charge is 0.478 e. The van der Waals surface area contributed by atoms with E-state index in [0.29, 0.717) is 5.39 Å². The molecule has 5 nitrogen and oxygen atoms in total. The van der Waals surface area contributed by atoms with Crippen LogP contribution in [0.1, 0.15) is 21.7 Å². The molecule has 9 heteroatoms. The molecule has 0 saturated carbocycles. The standard InChI is InChI=1S/C17H11ClF3N3O2/c1-8-2-5-12-10(6-8)14(24-16(23-12)17(19,20)21)22-13-7-9(15(25)26)3-4-11(13)18/h2-7H,1H3,(H,25,26)(H,22,23,24). The summed E-state index contributed by atoms with van der Waals surface area (Å²) in [4.78, 5) is 18.2. The number of nitrogens with one attached hydrogen (secondary N) is 1. The number of alkyl halides is 3. The Balaban J connectivity index is 2.19. The normalized spacial score (nSPS) is 11.6. The van der Waals surface area contributed by atoms with Gasteiger partial charge in [-0.3, -0.25) is 0 Å². The number of carboxylic acid groups (broad SMARTS) is 1. The monoisotopic (exact) mass is 381 g/mol. The van der Waals surface area contributed by atoms with Crippen molar-refractivity contribution in [2.45, 2.75) is 13.1 Å². The second-order valence-corrected chi connectivity index (χ2v) is 5.95. The Hall–Kier alpha value is -2.87. The molecule has 0 unspecified atom stereocenters. The third-order valence-corrected chi connectivity index (χ3v) is 3.90. The van der Waals surface area contributed by atoms with Crippen LogP contribution in [0.3, 0.4) is 0 Å². The Labute approximate surface area is 150 Å². The molecule has 0 aliphatic rings. The van der Waals surface area contributed by atoms with Crippen LogP contribution in [0.2, 0.25) is 5.02 Å². The summed E-state index contributed by atoms with van der Waals surface area (Å²) in [6.07, 6.45) is -4.73. The van der Waals surface area contributed by atoms with Gasteiger partial charge >= 0.3 is 12.1 Å². The van der Waals surface area contributed by atoms with Gasteiger partial charge in [0.15, 0.2) is 0 Å². The summed E-state index contributed by atoms with van der Waals surface area (Å²) in [5, 5.41) is 12.3. The number of anilines is 2. The second-order valence-electron chi connectivity index (χ2n) is 5.54. The predicted molar refractivity (Wildman–Crippen MR) is 91.0 cm³/mol. The molecule has 1 heterocycles. The smallest absolute Gasteiger partial charge is 0.451 e. The molecule has 0 spiro atoms. The zero-order chi connectivity index (χ0) is 19.1. The summed E-state index contributed by atoms with van der Waals surface area (Å²) in [5.74, 6) is -2.61. The predicted octanol–water partition coefficient (Wildman–Crippen LogP) is 5.05. The fraction of sp³-hybridized carbons (Fsp3) is 0.118. The summed E-state index contributed by atoms with van der Waals surface area (Å²) in [6.45, 7) is 1.78. The van der Waals surface area contributed by atoms with E-state index in [0.717, 1.165) is 5.56 Å². The van der Waals surface area contributed by atoms with Gasteiger partial charge in [0.05, 0.1) is 21.8 Å². The number of rotatable bonds is 3. The van der Waals surface area contributed by atoms with Crippen molar-refractivity contribution in [1.29, 1.82) is 0 Å². The van der Waals surface area contributed by atoms with E-state index in [9.17, 15) is 18.0 Å². The Morgan fingerprint density at radius 1 is 1.15 bits per heavy atom. The molecule has 3 rings (SSSR count). The molecule has 3 aromatic rings. The number of carboxylic acids is 1. The van der Waals surface area contributed by atoms with Gasteiger partial charge in [0.2, 0.25) is 5.82 Å². The zero-order valence-electron chi connectivity index (χ0n) is 13.2. The topological polar surface area (TPSA) is 75.1 Å². The van der Waals surface area contributed by atoms with Crippen LogP contribution in [0, 0.1) is 6.92 Å². The first-order valence-corrected chi connectivity index (χ1v) is 7.68. The fourth-order valence-electron chi connectivity index (χ4n) is 2.35. The Morgan fingerprint density at radius 2 is 1.88 bits per heavy atom. The second kappa shape index (κ2) is 6.45. The summed E-state index contributed by atoms with van der Waals surface area (Å²) in [7, 11) is 0. The number of aromatic carboxylic acids is 1. The van der Waals surface area contributed by atoms with Crippen LogP contribution in [-0.4, -0.2) is 21.0 Å². The van der Waals surface area contributed by atoms with Crippen molar-refractivity contribution < 1.29 is 23.1 Å². The van der Waals surface area contributed by atoms with Crippen LogP contribution in [0.25, 0.3) is 10.9 Å². The molecule has 0 fully saturated rings. The molecular formula is C17H11ClF3N3O2. The molecule has 2 aromatic carbocycles. The van der Waals surface area contributed by atoms with E-state index in [-0.39, 0.29) is 27.6 Å². The average molecular weight is 382 g/mol. The highest BCUT2D eigenvalue weighted by molar-refractivity contribution is 6.33. The van der Waals surface area contributed by atoms with Crippen molar-refractivity contribution in [3.8, 4) is 0 Å². The Morgan fingerprint density at radius 3 is 2.54 bits per heavy atom. The first-order valence-electron chi connectivity index (χ1n) is 7.30. The minimum atomic E-state index is -4.73. The molecule has 0 aliphatic carbocycles. The lowest BCUT2D eigenvalue weighted by atomic mass is 10.1. The lowest BCUT2D eigenvalue weighted by molar-refractivity contribution is -0.144. The van der Waals surface area contributed by atoms with Gasteiger partial charge in [-0.25, -0.2) is 14.8 Å². The minimum Gasteiger partial charge on any atom is -0.478 e. The van der Waals surface area contributed by atoms with Gasteiger partial charge in [-0.15, -0.1) is 0 Å². The number of aryl methyl sites for hydroxylation is 1. The molecule has 0 radical (unpaired) electrons. The SMILES string of the molecule is Cc1ccc2nc(C(F)(F)F)nc(Nc3cc(C(=O)O)ccc3Cl)c2c1. The van der Waals surface area contributed by atoms with Crippen molar-refractivity contribution >= 4 is 40.0 Å². The van der Waals surface area contributed by atoms with Crippen molar-refractivity contribution in [3.63, 3.8) is 0 Å². The quantitative estimate of drug-likeness (QED) is 0.663. The first kappa shape index (κ1) is 17.9. The highest BCUT2D eigenvalue weighted by Gasteiger charge is 2.35. The van der Waals surface area contributed by atoms with Gasteiger partial charge in [-0.1, -0.05) is 23.2 Å². The van der Waals surface area contributed by atoms with Gasteiger partial charge in [0.25, 0.3) is 0 Å². The highest BCUT2D eigenvalue weighted by atomic mass is 35.5. The molecule has 2 N–H and O–H groups in total. The number of benzene rings is 2. The maximum atomic E-state index is 13.1. The molecule has 0 aliphatic heterocycles. The molecule has 134 valence electrons.